The molecule has 0 saturated heterocycles. The minimum absolute atomic E-state index is 0.369. The number of carbonyl (C=O) groups excluding carboxylic acids is 1. The second-order valence-electron chi connectivity index (χ2n) is 5.70. The number of hydrogen-bond donors (Lipinski definition) is 2. The summed E-state index contributed by atoms with van der Waals surface area (Å²) in [5, 5.41) is 11.0. The van der Waals surface area contributed by atoms with Crippen molar-refractivity contribution in [3.8, 4) is 28.5 Å². The van der Waals surface area contributed by atoms with E-state index in [1.54, 1.807) is 31.5 Å². The number of hydrogen-bond acceptors (Lipinski definition) is 6. The highest BCUT2D eigenvalue weighted by Gasteiger charge is 2.10. The van der Waals surface area contributed by atoms with E-state index in [1.807, 2.05) is 24.3 Å². The quantitative estimate of drug-likeness (QED) is 0.485. The zero-order valence-electron chi connectivity index (χ0n) is 15.7. The van der Waals surface area contributed by atoms with Crippen molar-refractivity contribution < 1.29 is 19.0 Å². The maximum absolute atomic E-state index is 12.3. The normalized spacial score (nSPS) is 10.7. The predicted octanol–water partition coefficient (Wildman–Crippen LogP) is 2.87. The lowest BCUT2D eigenvalue weighted by Gasteiger charge is -2.08. The molecule has 0 saturated carbocycles. The Labute approximate surface area is 162 Å². The van der Waals surface area contributed by atoms with Crippen molar-refractivity contribution in [1.82, 2.24) is 15.6 Å². The van der Waals surface area contributed by atoms with Gasteiger partial charge in [0.2, 0.25) is 0 Å². The molecule has 2 aromatic carbocycles. The lowest BCUT2D eigenvalue weighted by molar-refractivity contribution is 0.0954. The van der Waals surface area contributed by atoms with Gasteiger partial charge in [0.25, 0.3) is 5.91 Å². The standard InChI is InChI=1S/C20H20N4O4/c1-26-16-7-4-13(5-8-16)19-15(11-21-23-19)12-22-24-20(25)14-6-9-17(27-2)18(10-14)28-3/h4-12H,1-3H3,(H,21,23)(H,24,25)/b22-12+. The molecule has 1 heterocycles. The van der Waals surface area contributed by atoms with Crippen LogP contribution in [-0.4, -0.2) is 43.6 Å². The third-order valence-electron chi connectivity index (χ3n) is 4.06. The van der Waals surface area contributed by atoms with Crippen LogP contribution in [0.1, 0.15) is 15.9 Å². The molecule has 0 spiro atoms. The molecule has 1 aromatic heterocycles. The van der Waals surface area contributed by atoms with Gasteiger partial charge in [0.05, 0.1) is 39.4 Å². The van der Waals surface area contributed by atoms with E-state index in [1.165, 1.54) is 20.4 Å². The maximum Gasteiger partial charge on any atom is 0.271 e. The highest BCUT2D eigenvalue weighted by Crippen LogP contribution is 2.27. The monoisotopic (exact) mass is 380 g/mol. The van der Waals surface area contributed by atoms with E-state index in [4.69, 9.17) is 14.2 Å². The van der Waals surface area contributed by atoms with Crippen LogP contribution in [0.2, 0.25) is 0 Å². The first-order valence-electron chi connectivity index (χ1n) is 8.39. The number of nitrogens with zero attached hydrogens (tertiary/aromatic N) is 2. The SMILES string of the molecule is COc1ccc(-c2[nH]ncc2/C=N/NC(=O)c2ccc(OC)c(OC)c2)cc1. The molecule has 3 rings (SSSR count). The third kappa shape index (κ3) is 4.12. The number of nitrogens with one attached hydrogen (secondary N) is 2. The second kappa shape index (κ2) is 8.72. The first kappa shape index (κ1) is 19.0. The summed E-state index contributed by atoms with van der Waals surface area (Å²) in [6, 6.07) is 12.4. The van der Waals surface area contributed by atoms with Gasteiger partial charge in [-0.2, -0.15) is 10.2 Å². The maximum atomic E-state index is 12.3. The highest BCUT2D eigenvalue weighted by molar-refractivity contribution is 5.96. The van der Waals surface area contributed by atoms with Crippen LogP contribution in [-0.2, 0) is 0 Å². The topological polar surface area (TPSA) is 97.8 Å². The molecule has 144 valence electrons. The Balaban J connectivity index is 1.71. The first-order chi connectivity index (χ1) is 13.7. The Morgan fingerprint density at radius 1 is 1.04 bits per heavy atom. The molecule has 0 radical (unpaired) electrons. The van der Waals surface area contributed by atoms with E-state index >= 15 is 0 Å². The molecule has 8 heteroatoms. The van der Waals surface area contributed by atoms with E-state index < -0.39 is 0 Å². The number of aromatic amines is 1. The molecule has 1 amide bonds. The van der Waals surface area contributed by atoms with Crippen LogP contribution >= 0.6 is 0 Å². The van der Waals surface area contributed by atoms with Gasteiger partial charge in [-0.05, 0) is 42.5 Å². The van der Waals surface area contributed by atoms with Gasteiger partial charge in [-0.25, -0.2) is 5.43 Å². The molecule has 2 N–H and O–H groups in total. The number of ether oxygens (including phenoxy) is 3. The summed E-state index contributed by atoms with van der Waals surface area (Å²) in [4.78, 5) is 12.3. The molecule has 8 nitrogen and oxygen atoms in total. The Morgan fingerprint density at radius 3 is 2.46 bits per heavy atom. The van der Waals surface area contributed by atoms with E-state index in [0.717, 1.165) is 22.6 Å². The lowest BCUT2D eigenvalue weighted by atomic mass is 10.1. The number of benzene rings is 2. The number of methoxy groups -OCH3 is 3. The minimum Gasteiger partial charge on any atom is -0.497 e. The molecule has 0 atom stereocenters. The molecule has 28 heavy (non-hydrogen) atoms. The van der Waals surface area contributed by atoms with Crippen LogP contribution in [0.15, 0.2) is 53.8 Å². The Bertz CT molecular complexity index is 980. The smallest absolute Gasteiger partial charge is 0.271 e. The highest BCUT2D eigenvalue weighted by atomic mass is 16.5. The van der Waals surface area contributed by atoms with Crippen molar-refractivity contribution in [2.24, 2.45) is 5.10 Å². The van der Waals surface area contributed by atoms with Gasteiger partial charge >= 0.3 is 0 Å². The first-order valence-corrected chi connectivity index (χ1v) is 8.39. The summed E-state index contributed by atoms with van der Waals surface area (Å²) in [6.45, 7) is 0. The van der Waals surface area contributed by atoms with Gasteiger partial charge in [0.15, 0.2) is 11.5 Å². The number of carbonyl (C=O) groups is 1. The molecular weight excluding hydrogens is 360 g/mol. The zero-order chi connectivity index (χ0) is 19.9. The van der Waals surface area contributed by atoms with Gasteiger partial charge in [-0.15, -0.1) is 0 Å². The van der Waals surface area contributed by atoms with E-state index in [2.05, 4.69) is 20.7 Å². The van der Waals surface area contributed by atoms with Crippen molar-refractivity contribution in [1.29, 1.82) is 0 Å². The Hall–Kier alpha value is -3.81. The predicted molar refractivity (Wildman–Crippen MR) is 105 cm³/mol. The van der Waals surface area contributed by atoms with Crippen molar-refractivity contribution in [3.63, 3.8) is 0 Å². The number of H-pyrrole nitrogens is 1. The molecular formula is C20H20N4O4. The van der Waals surface area contributed by atoms with Gasteiger partial charge in [0.1, 0.15) is 5.75 Å². The summed E-state index contributed by atoms with van der Waals surface area (Å²) in [6.07, 6.45) is 3.16. The molecule has 0 bridgehead atoms. The summed E-state index contributed by atoms with van der Waals surface area (Å²) in [7, 11) is 4.66. The molecule has 0 aliphatic carbocycles. The van der Waals surface area contributed by atoms with Crippen LogP contribution in [0, 0.1) is 0 Å². The second-order valence-corrected chi connectivity index (χ2v) is 5.70. The van der Waals surface area contributed by atoms with Crippen molar-refractivity contribution in [2.75, 3.05) is 21.3 Å². The van der Waals surface area contributed by atoms with Crippen LogP contribution in [0.25, 0.3) is 11.3 Å². The van der Waals surface area contributed by atoms with Crippen molar-refractivity contribution in [3.05, 3.63) is 59.8 Å². The number of aromatic nitrogens is 2. The van der Waals surface area contributed by atoms with Crippen molar-refractivity contribution in [2.45, 2.75) is 0 Å². The molecule has 0 fully saturated rings. The molecule has 0 unspecified atom stereocenters. The van der Waals surface area contributed by atoms with Gasteiger partial charge < -0.3 is 14.2 Å². The largest absolute Gasteiger partial charge is 0.497 e. The average Bonchev–Trinajstić information content (AvgIpc) is 3.21. The summed E-state index contributed by atoms with van der Waals surface area (Å²) >= 11 is 0. The van der Waals surface area contributed by atoms with Crippen LogP contribution in [0.4, 0.5) is 0 Å². The van der Waals surface area contributed by atoms with Crippen LogP contribution in [0.5, 0.6) is 17.2 Å². The van der Waals surface area contributed by atoms with E-state index in [-0.39, 0.29) is 5.91 Å². The van der Waals surface area contributed by atoms with Gasteiger partial charge in [-0.3, -0.25) is 9.89 Å². The molecule has 3 aromatic rings. The Kier molecular flexibility index (Phi) is 5.91. The summed E-state index contributed by atoms with van der Waals surface area (Å²) in [5.74, 6) is 1.41. The van der Waals surface area contributed by atoms with Crippen LogP contribution < -0.4 is 19.6 Å². The number of rotatable bonds is 7. The average molecular weight is 380 g/mol. The molecule has 0 aliphatic rings. The number of amides is 1. The zero-order valence-corrected chi connectivity index (χ0v) is 15.7. The van der Waals surface area contributed by atoms with Crippen LogP contribution in [0.3, 0.4) is 0 Å². The Morgan fingerprint density at radius 2 is 1.79 bits per heavy atom. The van der Waals surface area contributed by atoms with Gasteiger partial charge in [-0.1, -0.05) is 0 Å². The number of hydrazone groups is 1. The fraction of sp³-hybridized carbons (Fsp3) is 0.150. The van der Waals surface area contributed by atoms with Gasteiger partial charge in [0, 0.05) is 16.7 Å². The summed E-state index contributed by atoms with van der Waals surface area (Å²) in [5.41, 5.74) is 5.34. The van der Waals surface area contributed by atoms with E-state index in [9.17, 15) is 4.79 Å². The fourth-order valence-corrected chi connectivity index (χ4v) is 2.58. The van der Waals surface area contributed by atoms with E-state index in [0.29, 0.717) is 17.1 Å². The summed E-state index contributed by atoms with van der Waals surface area (Å²) < 4.78 is 15.5. The minimum atomic E-state index is -0.369. The third-order valence-corrected chi connectivity index (χ3v) is 4.06. The van der Waals surface area contributed by atoms with Crippen molar-refractivity contribution >= 4 is 12.1 Å². The molecule has 0 aliphatic heterocycles. The lowest BCUT2D eigenvalue weighted by Crippen LogP contribution is -2.17. The fourth-order valence-electron chi connectivity index (χ4n) is 2.58.